The van der Waals surface area contributed by atoms with Gasteiger partial charge in [0, 0.05) is 44.3 Å². The molecule has 6 nitrogen and oxygen atoms in total. The summed E-state index contributed by atoms with van der Waals surface area (Å²) in [5.41, 5.74) is 3.66. The molecule has 1 saturated heterocycles. The molecule has 0 aliphatic carbocycles. The van der Waals surface area contributed by atoms with Crippen molar-refractivity contribution >= 4 is 5.91 Å². The molecule has 30 heavy (non-hydrogen) atoms. The van der Waals surface area contributed by atoms with Gasteiger partial charge >= 0.3 is 0 Å². The standard InChI is InChI=1S/C24H33N3O3/c1-18-7-5-6-8-20(18)17-26-11-13-27(14-12-26)24(28)16-25-19(2)22-15-21(29-3)9-10-23(22)30-4/h5-10,15,19,25H,11-14,16-17H2,1-4H3. The van der Waals surface area contributed by atoms with Gasteiger partial charge in [-0.15, -0.1) is 0 Å². The zero-order valence-corrected chi connectivity index (χ0v) is 18.5. The van der Waals surface area contributed by atoms with E-state index in [-0.39, 0.29) is 11.9 Å². The van der Waals surface area contributed by atoms with Crippen LogP contribution in [0.2, 0.25) is 0 Å². The van der Waals surface area contributed by atoms with E-state index in [0.29, 0.717) is 6.54 Å². The molecule has 1 N–H and O–H groups in total. The monoisotopic (exact) mass is 411 g/mol. The van der Waals surface area contributed by atoms with Gasteiger partial charge in [-0.25, -0.2) is 0 Å². The fraction of sp³-hybridized carbons (Fsp3) is 0.458. The minimum absolute atomic E-state index is 0.0265. The molecule has 162 valence electrons. The van der Waals surface area contributed by atoms with Gasteiger partial charge in [0.2, 0.25) is 5.91 Å². The van der Waals surface area contributed by atoms with Crippen LogP contribution >= 0.6 is 0 Å². The summed E-state index contributed by atoms with van der Waals surface area (Å²) >= 11 is 0. The summed E-state index contributed by atoms with van der Waals surface area (Å²) in [6.45, 7) is 8.77. The maximum Gasteiger partial charge on any atom is 0.236 e. The van der Waals surface area contributed by atoms with Crippen molar-refractivity contribution in [1.82, 2.24) is 15.1 Å². The summed E-state index contributed by atoms with van der Waals surface area (Å²) in [5.74, 6) is 1.70. The van der Waals surface area contributed by atoms with Gasteiger partial charge in [-0.1, -0.05) is 24.3 Å². The van der Waals surface area contributed by atoms with E-state index < -0.39 is 0 Å². The molecule has 1 heterocycles. The van der Waals surface area contributed by atoms with Gasteiger partial charge in [0.05, 0.1) is 20.8 Å². The van der Waals surface area contributed by atoms with Crippen molar-refractivity contribution in [3.8, 4) is 11.5 Å². The predicted molar refractivity (Wildman–Crippen MR) is 119 cm³/mol. The van der Waals surface area contributed by atoms with Crippen molar-refractivity contribution < 1.29 is 14.3 Å². The highest BCUT2D eigenvalue weighted by Gasteiger charge is 2.22. The maximum absolute atomic E-state index is 12.7. The first-order valence-electron chi connectivity index (χ1n) is 10.5. The van der Waals surface area contributed by atoms with Gasteiger partial charge in [0.1, 0.15) is 11.5 Å². The van der Waals surface area contributed by atoms with Crippen LogP contribution in [-0.4, -0.2) is 62.7 Å². The number of amides is 1. The summed E-state index contributed by atoms with van der Waals surface area (Å²) in [5, 5.41) is 3.34. The molecule has 0 bridgehead atoms. The Morgan fingerprint density at radius 1 is 1.07 bits per heavy atom. The van der Waals surface area contributed by atoms with Gasteiger partial charge in [0.15, 0.2) is 0 Å². The number of benzene rings is 2. The molecule has 2 aromatic rings. The van der Waals surface area contributed by atoms with E-state index in [0.717, 1.165) is 49.8 Å². The molecule has 1 unspecified atom stereocenters. The second-order valence-electron chi connectivity index (χ2n) is 7.79. The number of rotatable bonds is 8. The smallest absolute Gasteiger partial charge is 0.236 e. The average molecular weight is 412 g/mol. The highest BCUT2D eigenvalue weighted by molar-refractivity contribution is 5.78. The van der Waals surface area contributed by atoms with E-state index in [9.17, 15) is 4.79 Å². The lowest BCUT2D eigenvalue weighted by atomic mass is 10.1. The predicted octanol–water partition coefficient (Wildman–Crippen LogP) is 3.01. The van der Waals surface area contributed by atoms with Crippen LogP contribution in [0.5, 0.6) is 11.5 Å². The Kier molecular flexibility index (Phi) is 7.71. The van der Waals surface area contributed by atoms with Crippen LogP contribution in [0.15, 0.2) is 42.5 Å². The van der Waals surface area contributed by atoms with Crippen molar-refractivity contribution in [2.24, 2.45) is 0 Å². The van der Waals surface area contributed by atoms with Crippen molar-refractivity contribution in [3.63, 3.8) is 0 Å². The number of piperazine rings is 1. The molecule has 3 rings (SSSR count). The van der Waals surface area contributed by atoms with E-state index in [1.54, 1.807) is 14.2 Å². The molecule has 1 fully saturated rings. The SMILES string of the molecule is COc1ccc(OC)c(C(C)NCC(=O)N2CCN(Cc3ccccc3C)CC2)c1. The van der Waals surface area contributed by atoms with Crippen LogP contribution in [0, 0.1) is 6.92 Å². The first kappa shape index (κ1) is 22.1. The lowest BCUT2D eigenvalue weighted by Gasteiger charge is -2.35. The summed E-state index contributed by atoms with van der Waals surface area (Å²) in [6.07, 6.45) is 0. The van der Waals surface area contributed by atoms with Crippen LogP contribution in [-0.2, 0) is 11.3 Å². The third kappa shape index (κ3) is 5.52. The van der Waals surface area contributed by atoms with E-state index >= 15 is 0 Å². The molecular weight excluding hydrogens is 378 g/mol. The fourth-order valence-electron chi connectivity index (χ4n) is 3.82. The number of carbonyl (C=O) groups excluding carboxylic acids is 1. The van der Waals surface area contributed by atoms with E-state index in [1.165, 1.54) is 11.1 Å². The molecular formula is C24H33N3O3. The Bertz CT molecular complexity index is 847. The molecule has 6 heteroatoms. The van der Waals surface area contributed by atoms with Crippen LogP contribution in [0.1, 0.15) is 29.7 Å². The minimum Gasteiger partial charge on any atom is -0.497 e. The van der Waals surface area contributed by atoms with Crippen molar-refractivity contribution in [2.75, 3.05) is 46.9 Å². The Hall–Kier alpha value is -2.57. The summed E-state index contributed by atoms with van der Waals surface area (Å²) < 4.78 is 10.8. The molecule has 2 aromatic carbocycles. The highest BCUT2D eigenvalue weighted by Crippen LogP contribution is 2.29. The van der Waals surface area contributed by atoms with Gasteiger partial charge in [-0.2, -0.15) is 0 Å². The number of carbonyl (C=O) groups is 1. The third-order valence-electron chi connectivity index (χ3n) is 5.84. The topological polar surface area (TPSA) is 54.0 Å². The normalized spacial score (nSPS) is 15.7. The molecule has 0 aromatic heterocycles. The van der Waals surface area contributed by atoms with E-state index in [4.69, 9.17) is 9.47 Å². The number of ether oxygens (including phenoxy) is 2. The zero-order valence-electron chi connectivity index (χ0n) is 18.5. The third-order valence-corrected chi connectivity index (χ3v) is 5.84. The van der Waals surface area contributed by atoms with E-state index in [1.807, 2.05) is 30.0 Å². The average Bonchev–Trinajstić information content (AvgIpc) is 2.78. The maximum atomic E-state index is 12.7. The molecule has 1 amide bonds. The van der Waals surface area contributed by atoms with Gasteiger partial charge < -0.3 is 19.7 Å². The zero-order chi connectivity index (χ0) is 21.5. The number of nitrogens with one attached hydrogen (secondary N) is 1. The summed E-state index contributed by atoms with van der Waals surface area (Å²) in [4.78, 5) is 17.1. The van der Waals surface area contributed by atoms with E-state index in [2.05, 4.69) is 41.4 Å². The largest absolute Gasteiger partial charge is 0.497 e. The number of methoxy groups -OCH3 is 2. The second-order valence-corrected chi connectivity index (χ2v) is 7.79. The minimum atomic E-state index is -0.0265. The number of nitrogens with zero attached hydrogens (tertiary/aromatic N) is 2. The van der Waals surface area contributed by atoms with Gasteiger partial charge in [-0.3, -0.25) is 9.69 Å². The van der Waals surface area contributed by atoms with Gasteiger partial charge in [0.25, 0.3) is 0 Å². The van der Waals surface area contributed by atoms with Crippen LogP contribution < -0.4 is 14.8 Å². The Balaban J connectivity index is 1.49. The lowest BCUT2D eigenvalue weighted by molar-refractivity contribution is -0.132. The van der Waals surface area contributed by atoms with Crippen molar-refractivity contribution in [2.45, 2.75) is 26.4 Å². The summed E-state index contributed by atoms with van der Waals surface area (Å²) in [7, 11) is 3.30. The molecule has 1 aliphatic heterocycles. The van der Waals surface area contributed by atoms with Crippen molar-refractivity contribution in [1.29, 1.82) is 0 Å². The second kappa shape index (κ2) is 10.5. The molecule has 1 aliphatic rings. The Morgan fingerprint density at radius 3 is 2.47 bits per heavy atom. The summed E-state index contributed by atoms with van der Waals surface area (Å²) in [6, 6.07) is 14.2. The number of hydrogen-bond donors (Lipinski definition) is 1. The molecule has 0 radical (unpaired) electrons. The van der Waals surface area contributed by atoms with Crippen molar-refractivity contribution in [3.05, 3.63) is 59.2 Å². The lowest BCUT2D eigenvalue weighted by Crippen LogP contribution is -2.50. The van der Waals surface area contributed by atoms with Crippen LogP contribution in [0.3, 0.4) is 0 Å². The molecule has 1 atom stereocenters. The number of hydrogen-bond acceptors (Lipinski definition) is 5. The molecule has 0 saturated carbocycles. The fourth-order valence-corrected chi connectivity index (χ4v) is 3.82. The van der Waals surface area contributed by atoms with Crippen LogP contribution in [0.4, 0.5) is 0 Å². The first-order chi connectivity index (χ1) is 14.5. The first-order valence-corrected chi connectivity index (χ1v) is 10.5. The number of aryl methyl sites for hydroxylation is 1. The Morgan fingerprint density at radius 2 is 1.80 bits per heavy atom. The quantitative estimate of drug-likeness (QED) is 0.724. The van der Waals surface area contributed by atoms with Crippen LogP contribution in [0.25, 0.3) is 0 Å². The highest BCUT2D eigenvalue weighted by atomic mass is 16.5. The Labute approximate surface area is 179 Å². The van der Waals surface area contributed by atoms with Gasteiger partial charge in [-0.05, 0) is 43.2 Å². The molecule has 0 spiro atoms.